The molecule has 0 spiro atoms. The average Bonchev–Trinajstić information content (AvgIpc) is 2.83. The largest absolute Gasteiger partial charge is 0.490 e. The van der Waals surface area contributed by atoms with Crippen molar-refractivity contribution in [2.24, 2.45) is 0 Å². The van der Waals surface area contributed by atoms with Crippen molar-refractivity contribution in [3.05, 3.63) is 29.6 Å². The third-order valence-corrected chi connectivity index (χ3v) is 5.81. The van der Waals surface area contributed by atoms with Crippen LogP contribution in [0.4, 0.5) is 4.39 Å². The van der Waals surface area contributed by atoms with E-state index in [1.54, 1.807) is 30.9 Å². The Balaban J connectivity index is 1.72. The number of rotatable bonds is 4. The molecule has 0 aromatic heterocycles. The SMILES string of the molecule is CC(=O)N1CCN(C2CCCCC2)C[C@](O)(COc2ccc(F)c(C)c2)C1. The van der Waals surface area contributed by atoms with Gasteiger partial charge in [0.15, 0.2) is 0 Å². The minimum atomic E-state index is -1.15. The second-order valence-corrected chi connectivity index (χ2v) is 8.13. The number of ether oxygens (including phenoxy) is 1. The van der Waals surface area contributed by atoms with Crippen LogP contribution in [-0.4, -0.2) is 65.2 Å². The van der Waals surface area contributed by atoms with Gasteiger partial charge in [0, 0.05) is 32.6 Å². The summed E-state index contributed by atoms with van der Waals surface area (Å²) in [7, 11) is 0. The number of β-amino-alcohol motifs (C(OH)–C–C–N with tert-alkyl or cyclic N) is 1. The second-order valence-electron chi connectivity index (χ2n) is 8.13. The van der Waals surface area contributed by atoms with Crippen LogP contribution in [0.1, 0.15) is 44.6 Å². The van der Waals surface area contributed by atoms with E-state index in [0.717, 1.165) is 19.4 Å². The van der Waals surface area contributed by atoms with E-state index in [1.165, 1.54) is 25.3 Å². The van der Waals surface area contributed by atoms with Gasteiger partial charge in [-0.1, -0.05) is 19.3 Å². The van der Waals surface area contributed by atoms with Gasteiger partial charge >= 0.3 is 0 Å². The average molecular weight is 378 g/mol. The summed E-state index contributed by atoms with van der Waals surface area (Å²) in [6.45, 7) is 5.45. The van der Waals surface area contributed by atoms with Gasteiger partial charge < -0.3 is 14.7 Å². The molecule has 0 bridgehead atoms. The minimum absolute atomic E-state index is 0.0310. The molecule has 5 nitrogen and oxygen atoms in total. The van der Waals surface area contributed by atoms with Crippen LogP contribution < -0.4 is 4.74 Å². The van der Waals surface area contributed by atoms with Crippen LogP contribution in [0.5, 0.6) is 5.75 Å². The molecule has 1 N–H and O–H groups in total. The standard InChI is InChI=1S/C21H31FN2O3/c1-16-12-19(8-9-20(16)22)27-15-21(26)13-23(17(2)25)10-11-24(14-21)18-6-4-3-5-7-18/h8-9,12,18,26H,3-7,10-11,13-15H2,1-2H3/t21-/m0/s1. The lowest BCUT2D eigenvalue weighted by molar-refractivity contribution is -0.132. The predicted octanol–water partition coefficient (Wildman–Crippen LogP) is 2.74. The lowest BCUT2D eigenvalue weighted by Gasteiger charge is -2.37. The van der Waals surface area contributed by atoms with Crippen LogP contribution in [0.25, 0.3) is 0 Å². The maximum Gasteiger partial charge on any atom is 0.219 e. The first-order chi connectivity index (χ1) is 12.9. The van der Waals surface area contributed by atoms with Crippen molar-refractivity contribution in [2.75, 3.05) is 32.8 Å². The molecule has 1 saturated heterocycles. The van der Waals surface area contributed by atoms with E-state index in [2.05, 4.69) is 4.90 Å². The fraction of sp³-hybridized carbons (Fsp3) is 0.667. The number of hydrogen-bond acceptors (Lipinski definition) is 4. The topological polar surface area (TPSA) is 53.0 Å². The van der Waals surface area contributed by atoms with Gasteiger partial charge in [-0.25, -0.2) is 4.39 Å². The van der Waals surface area contributed by atoms with Crippen LogP contribution >= 0.6 is 0 Å². The third kappa shape index (κ3) is 5.20. The number of hydrogen-bond donors (Lipinski definition) is 1. The molecule has 2 fully saturated rings. The summed E-state index contributed by atoms with van der Waals surface area (Å²) < 4.78 is 19.3. The molecule has 2 aliphatic rings. The van der Waals surface area contributed by atoms with Crippen molar-refractivity contribution in [3.8, 4) is 5.75 Å². The van der Waals surface area contributed by atoms with E-state index < -0.39 is 5.60 Å². The van der Waals surface area contributed by atoms with Gasteiger partial charge in [0.2, 0.25) is 5.91 Å². The van der Waals surface area contributed by atoms with Gasteiger partial charge in [0.1, 0.15) is 23.8 Å². The number of halogens is 1. The fourth-order valence-corrected chi connectivity index (χ4v) is 4.23. The highest BCUT2D eigenvalue weighted by atomic mass is 19.1. The molecule has 1 heterocycles. The number of nitrogens with zero attached hydrogens (tertiary/aromatic N) is 2. The van der Waals surface area contributed by atoms with E-state index >= 15 is 0 Å². The number of aryl methyl sites for hydroxylation is 1. The zero-order chi connectivity index (χ0) is 19.4. The summed E-state index contributed by atoms with van der Waals surface area (Å²) in [6, 6.07) is 5.05. The highest BCUT2D eigenvalue weighted by molar-refractivity contribution is 5.73. The monoisotopic (exact) mass is 378 g/mol. The highest BCUT2D eigenvalue weighted by Crippen LogP contribution is 2.27. The minimum Gasteiger partial charge on any atom is -0.490 e. The van der Waals surface area contributed by atoms with E-state index in [-0.39, 0.29) is 24.9 Å². The van der Waals surface area contributed by atoms with E-state index in [9.17, 15) is 14.3 Å². The Morgan fingerprint density at radius 2 is 2.00 bits per heavy atom. The Morgan fingerprint density at radius 3 is 2.67 bits per heavy atom. The molecular weight excluding hydrogens is 347 g/mol. The van der Waals surface area contributed by atoms with Crippen molar-refractivity contribution in [1.82, 2.24) is 9.80 Å². The first-order valence-electron chi connectivity index (χ1n) is 9.97. The fourth-order valence-electron chi connectivity index (χ4n) is 4.23. The van der Waals surface area contributed by atoms with Gasteiger partial charge in [-0.2, -0.15) is 0 Å². The number of aliphatic hydroxyl groups is 1. The Hall–Kier alpha value is -1.66. The lowest BCUT2D eigenvalue weighted by atomic mass is 9.93. The third-order valence-electron chi connectivity index (χ3n) is 5.81. The maximum absolute atomic E-state index is 13.5. The summed E-state index contributed by atoms with van der Waals surface area (Å²) >= 11 is 0. The normalized spacial score (nSPS) is 25.3. The summed E-state index contributed by atoms with van der Waals surface area (Å²) in [5.41, 5.74) is -0.642. The van der Waals surface area contributed by atoms with Crippen molar-refractivity contribution >= 4 is 5.91 Å². The molecule has 1 saturated carbocycles. The van der Waals surface area contributed by atoms with Crippen LogP contribution in [-0.2, 0) is 4.79 Å². The van der Waals surface area contributed by atoms with Crippen molar-refractivity contribution in [1.29, 1.82) is 0 Å². The van der Waals surface area contributed by atoms with Crippen LogP contribution in [0, 0.1) is 12.7 Å². The Labute approximate surface area is 161 Å². The highest BCUT2D eigenvalue weighted by Gasteiger charge is 2.39. The van der Waals surface area contributed by atoms with E-state index in [0.29, 0.717) is 30.4 Å². The molecule has 0 radical (unpaired) electrons. The second kappa shape index (κ2) is 8.57. The summed E-state index contributed by atoms with van der Waals surface area (Å²) in [5, 5.41) is 11.3. The smallest absolute Gasteiger partial charge is 0.219 e. The Bertz CT molecular complexity index is 663. The van der Waals surface area contributed by atoms with Gasteiger partial charge in [-0.05, 0) is 43.5 Å². The molecule has 150 valence electrons. The van der Waals surface area contributed by atoms with Crippen LogP contribution in [0.15, 0.2) is 18.2 Å². The molecule has 1 aliphatic heterocycles. The molecule has 1 atom stereocenters. The molecule has 6 heteroatoms. The van der Waals surface area contributed by atoms with Gasteiger partial charge in [0.25, 0.3) is 0 Å². The molecule has 1 amide bonds. The zero-order valence-electron chi connectivity index (χ0n) is 16.4. The quantitative estimate of drug-likeness (QED) is 0.875. The Kier molecular flexibility index (Phi) is 6.37. The van der Waals surface area contributed by atoms with Crippen molar-refractivity contribution in [3.63, 3.8) is 0 Å². The molecule has 3 rings (SSSR count). The summed E-state index contributed by atoms with van der Waals surface area (Å²) in [6.07, 6.45) is 6.02. The van der Waals surface area contributed by atoms with Gasteiger partial charge in [-0.3, -0.25) is 9.69 Å². The van der Waals surface area contributed by atoms with Crippen LogP contribution in [0.2, 0.25) is 0 Å². The number of carbonyl (C=O) groups is 1. The number of carbonyl (C=O) groups excluding carboxylic acids is 1. The van der Waals surface area contributed by atoms with Gasteiger partial charge in [-0.15, -0.1) is 0 Å². The maximum atomic E-state index is 13.5. The van der Waals surface area contributed by atoms with Crippen molar-refractivity contribution < 1.29 is 19.0 Å². The van der Waals surface area contributed by atoms with Gasteiger partial charge in [0.05, 0.1) is 6.54 Å². The lowest BCUT2D eigenvalue weighted by Crippen LogP contribution is -2.53. The first kappa shape index (κ1) is 20.1. The van der Waals surface area contributed by atoms with Crippen LogP contribution in [0.3, 0.4) is 0 Å². The first-order valence-corrected chi connectivity index (χ1v) is 9.97. The predicted molar refractivity (Wildman–Crippen MR) is 102 cm³/mol. The molecule has 1 aromatic carbocycles. The molecule has 1 aliphatic carbocycles. The van der Waals surface area contributed by atoms with E-state index in [1.807, 2.05) is 0 Å². The molecule has 1 aromatic rings. The zero-order valence-corrected chi connectivity index (χ0v) is 16.4. The molecule has 0 unspecified atom stereocenters. The summed E-state index contributed by atoms with van der Waals surface area (Å²) in [5.74, 6) is 0.225. The molecular formula is C21H31FN2O3. The Morgan fingerprint density at radius 1 is 1.26 bits per heavy atom. The van der Waals surface area contributed by atoms with Crippen molar-refractivity contribution in [2.45, 2.75) is 57.6 Å². The number of benzene rings is 1. The molecule has 27 heavy (non-hydrogen) atoms. The summed E-state index contributed by atoms with van der Waals surface area (Å²) in [4.78, 5) is 16.0. The van der Waals surface area contributed by atoms with E-state index in [4.69, 9.17) is 4.74 Å². The number of amides is 1.